The number of nitrogens with zero attached hydrogens (tertiary/aromatic N) is 2. The Morgan fingerprint density at radius 3 is 2.54 bits per heavy atom. The number of nitrogens with two attached hydrogens (primary N) is 1. The number of nitrogen functional groups attached to an aromatic ring is 1. The number of pyridine rings is 1. The highest BCUT2D eigenvalue weighted by Gasteiger charge is 2.37. The molecule has 1 fully saturated rings. The molecule has 1 saturated heterocycles. The molecule has 5 rings (SSSR count). The first-order valence-corrected chi connectivity index (χ1v) is 12.3. The largest absolute Gasteiger partial charge is 0.458 e. The third kappa shape index (κ3) is 5.52. The highest BCUT2D eigenvalue weighted by molar-refractivity contribution is 6.35. The van der Waals surface area contributed by atoms with E-state index in [0.717, 1.165) is 35.2 Å². The number of carbonyl (C=O) groups is 2. The number of furan rings is 1. The molecule has 2 amide bonds. The first kappa shape index (κ1) is 24.6. The van der Waals surface area contributed by atoms with Crippen molar-refractivity contribution in [1.29, 1.82) is 0 Å². The molecule has 0 radical (unpaired) electrons. The molecule has 188 valence electrons. The van der Waals surface area contributed by atoms with Gasteiger partial charge >= 0.3 is 0 Å². The van der Waals surface area contributed by atoms with Gasteiger partial charge in [-0.05, 0) is 70.6 Å². The Morgan fingerprint density at radius 2 is 1.86 bits per heavy atom. The maximum absolute atomic E-state index is 12.7. The van der Waals surface area contributed by atoms with E-state index in [-0.39, 0.29) is 23.8 Å². The lowest BCUT2D eigenvalue weighted by Gasteiger charge is -2.45. The topological polar surface area (TPSA) is 101 Å². The van der Waals surface area contributed by atoms with Crippen LogP contribution in [0, 0.1) is 5.41 Å². The molecule has 3 heterocycles. The maximum atomic E-state index is 12.7. The van der Waals surface area contributed by atoms with E-state index in [1.54, 1.807) is 24.4 Å². The average molecular weight is 515 g/mol. The highest BCUT2D eigenvalue weighted by atomic mass is 35.5. The predicted molar refractivity (Wildman–Crippen MR) is 146 cm³/mol. The van der Waals surface area contributed by atoms with E-state index >= 15 is 0 Å². The second-order valence-corrected chi connectivity index (χ2v) is 10.5. The van der Waals surface area contributed by atoms with E-state index in [0.29, 0.717) is 27.7 Å². The minimum Gasteiger partial charge on any atom is -0.458 e. The summed E-state index contributed by atoms with van der Waals surface area (Å²) in [5.41, 5.74) is 9.64. The fourth-order valence-electron chi connectivity index (χ4n) is 4.46. The van der Waals surface area contributed by atoms with Gasteiger partial charge in [-0.3, -0.25) is 9.59 Å². The summed E-state index contributed by atoms with van der Waals surface area (Å²) in [6, 6.07) is 16.7. The summed E-state index contributed by atoms with van der Waals surface area (Å²) in [5.74, 6) is 0.802. The molecule has 1 aliphatic rings. The van der Waals surface area contributed by atoms with E-state index in [1.807, 2.05) is 47.4 Å². The van der Waals surface area contributed by atoms with Crippen LogP contribution in [-0.2, 0) is 11.3 Å². The quantitative estimate of drug-likeness (QED) is 0.329. The van der Waals surface area contributed by atoms with Gasteiger partial charge in [0.1, 0.15) is 11.6 Å². The number of fused-ring (bicyclic) bond motifs is 1. The Bertz CT molecular complexity index is 1500. The summed E-state index contributed by atoms with van der Waals surface area (Å²) in [5, 5.41) is 4.11. The van der Waals surface area contributed by atoms with Gasteiger partial charge in [0.05, 0.1) is 11.6 Å². The van der Waals surface area contributed by atoms with Crippen LogP contribution < -0.4 is 11.1 Å². The third-order valence-electron chi connectivity index (χ3n) is 6.29. The molecule has 0 spiro atoms. The molecular weight excluding hydrogens is 488 g/mol. The van der Waals surface area contributed by atoms with E-state index in [1.165, 1.54) is 6.08 Å². The number of aromatic nitrogens is 1. The van der Waals surface area contributed by atoms with E-state index < -0.39 is 0 Å². The molecule has 37 heavy (non-hydrogen) atoms. The molecule has 0 bridgehead atoms. The summed E-state index contributed by atoms with van der Waals surface area (Å²) < 4.78 is 5.88. The first-order valence-electron chi connectivity index (χ1n) is 12.0. The Morgan fingerprint density at radius 1 is 1.11 bits per heavy atom. The lowest BCUT2D eigenvalue weighted by atomic mass is 9.84. The van der Waals surface area contributed by atoms with Crippen LogP contribution >= 0.6 is 11.6 Å². The predicted octanol–water partition coefficient (Wildman–Crippen LogP) is 5.54. The number of carbonyl (C=O) groups excluding carboxylic acids is 2. The lowest BCUT2D eigenvalue weighted by molar-refractivity contribution is -0.116. The Hall–Kier alpha value is -4.10. The molecular formula is C29H27ClN4O3. The second kappa shape index (κ2) is 9.75. The van der Waals surface area contributed by atoms with E-state index in [4.69, 9.17) is 21.8 Å². The van der Waals surface area contributed by atoms with Crippen LogP contribution in [0.25, 0.3) is 28.2 Å². The van der Waals surface area contributed by atoms with Crippen molar-refractivity contribution in [3.63, 3.8) is 0 Å². The van der Waals surface area contributed by atoms with Gasteiger partial charge in [-0.25, -0.2) is 4.98 Å². The minimum atomic E-state index is -0.263. The van der Waals surface area contributed by atoms with Crippen LogP contribution in [0.5, 0.6) is 0 Å². The fraction of sp³-hybridized carbons (Fsp3) is 0.207. The summed E-state index contributed by atoms with van der Waals surface area (Å²) in [6.45, 7) is 6.09. The lowest BCUT2D eigenvalue weighted by Crippen LogP contribution is -2.55. The zero-order chi connectivity index (χ0) is 26.2. The molecule has 0 atom stereocenters. The van der Waals surface area contributed by atoms with Crippen molar-refractivity contribution in [2.24, 2.45) is 5.41 Å². The van der Waals surface area contributed by atoms with Gasteiger partial charge in [-0.1, -0.05) is 37.6 Å². The standard InChI is InChI=1S/C29H27ClN4O3/c1-29(2)16-34(17-29)28(36)20-7-5-19(6-8-20)21-11-22-12-23(37-27(22)24(30)13-21)15-33-26(35)10-4-18-3-9-25(31)32-14-18/h3-14H,15-17H2,1-2H3,(H2,31,32)(H,33,35). The van der Waals surface area contributed by atoms with Crippen molar-refractivity contribution in [3.8, 4) is 11.1 Å². The molecule has 0 aliphatic carbocycles. The number of halogens is 1. The van der Waals surface area contributed by atoms with Crippen LogP contribution in [-0.4, -0.2) is 34.8 Å². The van der Waals surface area contributed by atoms with Crippen LogP contribution in [0.2, 0.25) is 5.02 Å². The van der Waals surface area contributed by atoms with Crippen molar-refractivity contribution in [2.45, 2.75) is 20.4 Å². The fourth-order valence-corrected chi connectivity index (χ4v) is 4.72. The van der Waals surface area contributed by atoms with Gasteiger partial charge in [0.15, 0.2) is 5.58 Å². The number of nitrogens with one attached hydrogen (secondary N) is 1. The highest BCUT2D eigenvalue weighted by Crippen LogP contribution is 2.34. The molecule has 0 unspecified atom stereocenters. The molecule has 1 aliphatic heterocycles. The molecule has 2 aromatic heterocycles. The second-order valence-electron chi connectivity index (χ2n) is 10.1. The summed E-state index contributed by atoms with van der Waals surface area (Å²) in [4.78, 5) is 30.8. The third-order valence-corrected chi connectivity index (χ3v) is 6.57. The SMILES string of the molecule is CC1(C)CN(C(=O)c2ccc(-c3cc(Cl)c4oc(CNC(=O)C=Cc5ccc(N)nc5)cc4c3)cc2)C1. The van der Waals surface area contributed by atoms with Gasteiger partial charge in [-0.2, -0.15) is 0 Å². The van der Waals surface area contributed by atoms with Crippen LogP contribution in [0.3, 0.4) is 0 Å². The van der Waals surface area contributed by atoms with Gasteiger partial charge in [0.25, 0.3) is 5.91 Å². The number of hydrogen-bond donors (Lipinski definition) is 2. The van der Waals surface area contributed by atoms with Crippen molar-refractivity contribution < 1.29 is 14.0 Å². The maximum Gasteiger partial charge on any atom is 0.253 e. The number of benzene rings is 2. The monoisotopic (exact) mass is 514 g/mol. The van der Waals surface area contributed by atoms with Crippen LogP contribution in [0.4, 0.5) is 5.82 Å². The first-order chi connectivity index (χ1) is 17.7. The van der Waals surface area contributed by atoms with Crippen molar-refractivity contribution >= 4 is 46.3 Å². The van der Waals surface area contributed by atoms with Gasteiger partial charge in [-0.15, -0.1) is 0 Å². The number of hydrogen-bond acceptors (Lipinski definition) is 5. The average Bonchev–Trinajstić information content (AvgIpc) is 3.29. The van der Waals surface area contributed by atoms with Crippen LogP contribution in [0.1, 0.15) is 35.5 Å². The molecule has 8 heteroatoms. The smallest absolute Gasteiger partial charge is 0.253 e. The number of likely N-dealkylation sites (tertiary alicyclic amines) is 1. The Labute approximate surface area is 219 Å². The van der Waals surface area contributed by atoms with Gasteiger partial charge in [0.2, 0.25) is 5.91 Å². The van der Waals surface area contributed by atoms with Crippen molar-refractivity contribution in [2.75, 3.05) is 18.8 Å². The molecule has 7 nitrogen and oxygen atoms in total. The molecule has 2 aromatic carbocycles. The normalized spacial score (nSPS) is 14.6. The summed E-state index contributed by atoms with van der Waals surface area (Å²) in [6.07, 6.45) is 4.68. The number of amides is 2. The molecule has 3 N–H and O–H groups in total. The number of rotatable bonds is 6. The summed E-state index contributed by atoms with van der Waals surface area (Å²) >= 11 is 6.53. The molecule has 4 aromatic rings. The minimum absolute atomic E-state index is 0.0564. The van der Waals surface area contributed by atoms with Gasteiger partial charge < -0.3 is 20.4 Å². The Balaban J connectivity index is 1.25. The number of anilines is 1. The van der Waals surface area contributed by atoms with Gasteiger partial charge in [0, 0.05) is 36.3 Å². The van der Waals surface area contributed by atoms with E-state index in [9.17, 15) is 9.59 Å². The van der Waals surface area contributed by atoms with Crippen LogP contribution in [0.15, 0.2) is 71.3 Å². The van der Waals surface area contributed by atoms with Crippen molar-refractivity contribution in [3.05, 3.63) is 88.8 Å². The molecule has 0 saturated carbocycles. The zero-order valence-corrected chi connectivity index (χ0v) is 21.4. The van der Waals surface area contributed by atoms with E-state index in [2.05, 4.69) is 24.1 Å². The summed E-state index contributed by atoms with van der Waals surface area (Å²) in [7, 11) is 0. The Kier molecular flexibility index (Phi) is 6.48. The van der Waals surface area contributed by atoms with Crippen molar-refractivity contribution in [1.82, 2.24) is 15.2 Å². The zero-order valence-electron chi connectivity index (χ0n) is 20.6.